The number of nitrogens with zero attached hydrogens (tertiary/aromatic N) is 3. The standard InChI is InChI=1S/C20H27N3OS/c1-2-8-21-18(5-1)13-23-10-11-24-17-20(16-23)7-4-9-22(15-20)14-19-6-3-12-25-19/h1-3,5-6,8,12H,4,7,9-11,13-17H2/t20-/m1/s1. The van der Waals surface area contributed by atoms with Crippen molar-refractivity contribution < 1.29 is 4.74 Å². The lowest BCUT2D eigenvalue weighted by Gasteiger charge is -2.43. The molecule has 0 bridgehead atoms. The van der Waals surface area contributed by atoms with Gasteiger partial charge in [0.05, 0.1) is 18.9 Å². The number of thiophene rings is 1. The van der Waals surface area contributed by atoms with Gasteiger partial charge in [-0.25, -0.2) is 0 Å². The Morgan fingerprint density at radius 3 is 2.80 bits per heavy atom. The molecule has 0 aliphatic carbocycles. The Morgan fingerprint density at radius 1 is 1.08 bits per heavy atom. The van der Waals surface area contributed by atoms with E-state index in [0.717, 1.165) is 51.6 Å². The van der Waals surface area contributed by atoms with Crippen LogP contribution in [0.1, 0.15) is 23.4 Å². The first-order valence-electron chi connectivity index (χ1n) is 9.26. The van der Waals surface area contributed by atoms with Gasteiger partial charge in [-0.3, -0.25) is 14.8 Å². The monoisotopic (exact) mass is 357 g/mol. The van der Waals surface area contributed by atoms with Gasteiger partial charge in [0.25, 0.3) is 0 Å². The number of pyridine rings is 1. The molecule has 0 unspecified atom stereocenters. The van der Waals surface area contributed by atoms with Crippen molar-refractivity contribution in [3.05, 3.63) is 52.5 Å². The first-order valence-corrected chi connectivity index (χ1v) is 10.1. The van der Waals surface area contributed by atoms with Gasteiger partial charge in [0, 0.05) is 49.2 Å². The van der Waals surface area contributed by atoms with E-state index in [4.69, 9.17) is 4.74 Å². The summed E-state index contributed by atoms with van der Waals surface area (Å²) >= 11 is 1.87. The number of hydrogen-bond acceptors (Lipinski definition) is 5. The lowest BCUT2D eigenvalue weighted by atomic mass is 9.80. The highest BCUT2D eigenvalue weighted by Gasteiger charge is 2.38. The van der Waals surface area contributed by atoms with Gasteiger partial charge < -0.3 is 4.74 Å². The van der Waals surface area contributed by atoms with Crippen molar-refractivity contribution in [2.45, 2.75) is 25.9 Å². The second kappa shape index (κ2) is 7.96. The van der Waals surface area contributed by atoms with Crippen LogP contribution in [0.2, 0.25) is 0 Å². The maximum atomic E-state index is 6.05. The molecule has 4 rings (SSSR count). The van der Waals surface area contributed by atoms with Crippen LogP contribution in [0.15, 0.2) is 41.9 Å². The van der Waals surface area contributed by atoms with E-state index >= 15 is 0 Å². The van der Waals surface area contributed by atoms with Gasteiger partial charge in [-0.1, -0.05) is 12.1 Å². The Kier molecular flexibility index (Phi) is 5.46. The molecule has 4 nitrogen and oxygen atoms in total. The molecule has 1 spiro atoms. The highest BCUT2D eigenvalue weighted by atomic mass is 32.1. The van der Waals surface area contributed by atoms with Crippen LogP contribution >= 0.6 is 11.3 Å². The Morgan fingerprint density at radius 2 is 2.00 bits per heavy atom. The third kappa shape index (κ3) is 4.47. The minimum absolute atomic E-state index is 0.265. The average Bonchev–Trinajstić information content (AvgIpc) is 3.05. The summed E-state index contributed by atoms with van der Waals surface area (Å²) < 4.78 is 6.05. The Balaban J connectivity index is 1.43. The molecule has 0 N–H and O–H groups in total. The minimum atomic E-state index is 0.265. The van der Waals surface area contributed by atoms with Gasteiger partial charge in [0.2, 0.25) is 0 Å². The largest absolute Gasteiger partial charge is 0.379 e. The number of aromatic nitrogens is 1. The predicted octanol–water partition coefficient (Wildman–Crippen LogP) is 3.26. The average molecular weight is 358 g/mol. The molecule has 5 heteroatoms. The lowest BCUT2D eigenvalue weighted by Crippen LogP contribution is -2.50. The van der Waals surface area contributed by atoms with Crippen LogP contribution in [0.4, 0.5) is 0 Å². The molecule has 0 aromatic carbocycles. The molecule has 2 aliphatic rings. The molecule has 2 saturated heterocycles. The van der Waals surface area contributed by atoms with Crippen molar-refractivity contribution in [2.75, 3.05) is 39.4 Å². The lowest BCUT2D eigenvalue weighted by molar-refractivity contribution is 0.00272. The van der Waals surface area contributed by atoms with Crippen molar-refractivity contribution in [1.29, 1.82) is 0 Å². The smallest absolute Gasteiger partial charge is 0.0593 e. The summed E-state index contributed by atoms with van der Waals surface area (Å²) in [6.07, 6.45) is 4.43. The molecule has 0 saturated carbocycles. The maximum Gasteiger partial charge on any atom is 0.0593 e. The van der Waals surface area contributed by atoms with E-state index in [1.807, 2.05) is 23.6 Å². The molecule has 0 radical (unpaired) electrons. The van der Waals surface area contributed by atoms with Crippen molar-refractivity contribution >= 4 is 11.3 Å². The van der Waals surface area contributed by atoms with Crippen molar-refractivity contribution in [3.63, 3.8) is 0 Å². The summed E-state index contributed by atoms with van der Waals surface area (Å²) in [4.78, 5) is 11.2. The SMILES string of the molecule is c1ccc(CN2CCOC[C@@]3(CCCN(Cc4cccs4)C3)C2)nc1. The first kappa shape index (κ1) is 17.2. The second-order valence-electron chi connectivity index (χ2n) is 7.48. The molecule has 134 valence electrons. The van der Waals surface area contributed by atoms with Crippen LogP contribution in [0.3, 0.4) is 0 Å². The van der Waals surface area contributed by atoms with E-state index in [2.05, 4.69) is 44.4 Å². The molecular weight excluding hydrogens is 330 g/mol. The molecule has 2 aliphatic heterocycles. The van der Waals surface area contributed by atoms with Crippen molar-refractivity contribution in [2.24, 2.45) is 5.41 Å². The summed E-state index contributed by atoms with van der Waals surface area (Å²) in [5, 5.41) is 2.18. The first-order chi connectivity index (χ1) is 12.3. The zero-order chi connectivity index (χ0) is 17.0. The number of hydrogen-bond donors (Lipinski definition) is 0. The summed E-state index contributed by atoms with van der Waals surface area (Å²) in [6.45, 7) is 8.21. The summed E-state index contributed by atoms with van der Waals surface area (Å²) in [5.74, 6) is 0. The van der Waals surface area contributed by atoms with Gasteiger partial charge >= 0.3 is 0 Å². The normalized spacial score (nSPS) is 25.9. The number of ether oxygens (including phenoxy) is 1. The predicted molar refractivity (Wildman–Crippen MR) is 102 cm³/mol. The summed E-state index contributed by atoms with van der Waals surface area (Å²) in [6, 6.07) is 10.6. The fraction of sp³-hybridized carbons (Fsp3) is 0.550. The topological polar surface area (TPSA) is 28.6 Å². The van der Waals surface area contributed by atoms with Gasteiger partial charge in [0.1, 0.15) is 0 Å². The molecule has 4 heterocycles. The third-order valence-corrected chi connectivity index (χ3v) is 6.19. The van der Waals surface area contributed by atoms with Gasteiger partial charge in [-0.2, -0.15) is 0 Å². The fourth-order valence-electron chi connectivity index (χ4n) is 4.25. The molecule has 2 aromatic heterocycles. The van der Waals surface area contributed by atoms with E-state index in [-0.39, 0.29) is 5.41 Å². The van der Waals surface area contributed by atoms with Crippen LogP contribution in [-0.4, -0.2) is 54.2 Å². The molecule has 25 heavy (non-hydrogen) atoms. The molecule has 0 amide bonds. The zero-order valence-corrected chi connectivity index (χ0v) is 15.6. The van der Waals surface area contributed by atoms with Crippen LogP contribution in [-0.2, 0) is 17.8 Å². The summed E-state index contributed by atoms with van der Waals surface area (Å²) in [7, 11) is 0. The number of piperidine rings is 1. The van der Waals surface area contributed by atoms with E-state index in [1.165, 1.54) is 24.3 Å². The van der Waals surface area contributed by atoms with Crippen molar-refractivity contribution in [1.82, 2.24) is 14.8 Å². The molecule has 1 atom stereocenters. The molecular formula is C20H27N3OS. The van der Waals surface area contributed by atoms with Crippen LogP contribution < -0.4 is 0 Å². The zero-order valence-electron chi connectivity index (χ0n) is 14.8. The van der Waals surface area contributed by atoms with Gasteiger partial charge in [0.15, 0.2) is 0 Å². The maximum absolute atomic E-state index is 6.05. The van der Waals surface area contributed by atoms with E-state index in [1.54, 1.807) is 0 Å². The summed E-state index contributed by atoms with van der Waals surface area (Å²) in [5.41, 5.74) is 1.42. The quantitative estimate of drug-likeness (QED) is 0.840. The highest BCUT2D eigenvalue weighted by Crippen LogP contribution is 2.34. The second-order valence-corrected chi connectivity index (χ2v) is 8.51. The Hall–Kier alpha value is -1.27. The number of rotatable bonds is 4. The Bertz CT molecular complexity index is 648. The molecule has 2 aromatic rings. The fourth-order valence-corrected chi connectivity index (χ4v) is 5.00. The highest BCUT2D eigenvalue weighted by molar-refractivity contribution is 7.09. The Labute approximate surface area is 154 Å². The van der Waals surface area contributed by atoms with Crippen LogP contribution in [0, 0.1) is 5.41 Å². The van der Waals surface area contributed by atoms with E-state index in [9.17, 15) is 0 Å². The molecule has 2 fully saturated rings. The van der Waals surface area contributed by atoms with Crippen LogP contribution in [0.25, 0.3) is 0 Å². The van der Waals surface area contributed by atoms with E-state index < -0.39 is 0 Å². The minimum Gasteiger partial charge on any atom is -0.379 e. The third-order valence-electron chi connectivity index (χ3n) is 5.33. The van der Waals surface area contributed by atoms with Crippen molar-refractivity contribution in [3.8, 4) is 0 Å². The van der Waals surface area contributed by atoms with Gasteiger partial charge in [-0.05, 0) is 43.0 Å². The van der Waals surface area contributed by atoms with E-state index in [0.29, 0.717) is 0 Å². The number of likely N-dealkylation sites (tertiary alicyclic amines) is 1. The van der Waals surface area contributed by atoms with Crippen LogP contribution in [0.5, 0.6) is 0 Å². The van der Waals surface area contributed by atoms with Gasteiger partial charge in [-0.15, -0.1) is 11.3 Å².